The number of pyridine rings is 1. The summed E-state index contributed by atoms with van der Waals surface area (Å²) in [5.74, 6) is 0. The molecule has 1 atom stereocenters. The van der Waals surface area contributed by atoms with E-state index < -0.39 is 0 Å². The summed E-state index contributed by atoms with van der Waals surface area (Å²) in [5.41, 5.74) is 2.02. The lowest BCUT2D eigenvalue weighted by molar-refractivity contribution is 0.126. The Hall–Kier alpha value is -2.88. The van der Waals surface area contributed by atoms with Crippen molar-refractivity contribution in [3.05, 3.63) is 72.6 Å². The zero-order chi connectivity index (χ0) is 15.6. The first kappa shape index (κ1) is 13.8. The van der Waals surface area contributed by atoms with Crippen LogP contribution in [0.15, 0.2) is 67.0 Å². The van der Waals surface area contributed by atoms with Crippen molar-refractivity contribution in [3.63, 3.8) is 0 Å². The van der Waals surface area contributed by atoms with Gasteiger partial charge in [0.05, 0.1) is 11.7 Å². The van der Waals surface area contributed by atoms with Crippen LogP contribution in [0.3, 0.4) is 0 Å². The standard InChI is InChI=1S/C19H17N3O/c23-19(22-12-10-18(22)14-5-2-1-3-6-14)21-17-8-4-7-15-13-20-11-9-16(15)17/h1-9,11,13,18H,10,12H2,(H,21,23)/t18-/m0/s1. The highest BCUT2D eigenvalue weighted by Gasteiger charge is 2.33. The molecule has 0 radical (unpaired) electrons. The number of fused-ring (bicyclic) bond motifs is 1. The summed E-state index contributed by atoms with van der Waals surface area (Å²) >= 11 is 0. The van der Waals surface area contributed by atoms with Gasteiger partial charge >= 0.3 is 6.03 Å². The Morgan fingerprint density at radius 2 is 1.96 bits per heavy atom. The number of amides is 2. The van der Waals surface area contributed by atoms with Gasteiger partial charge in [0.15, 0.2) is 0 Å². The van der Waals surface area contributed by atoms with Crippen LogP contribution >= 0.6 is 0 Å². The highest BCUT2D eigenvalue weighted by Crippen LogP contribution is 2.34. The normalized spacial score (nSPS) is 16.9. The number of hydrogen-bond donors (Lipinski definition) is 1. The van der Waals surface area contributed by atoms with Crippen LogP contribution in [-0.2, 0) is 0 Å². The van der Waals surface area contributed by atoms with E-state index in [9.17, 15) is 4.79 Å². The van der Waals surface area contributed by atoms with Gasteiger partial charge in [-0.1, -0.05) is 42.5 Å². The van der Waals surface area contributed by atoms with E-state index in [1.807, 2.05) is 47.4 Å². The molecule has 4 heteroatoms. The number of aromatic nitrogens is 1. The Kier molecular flexibility index (Phi) is 3.42. The molecule has 1 aliphatic heterocycles. The SMILES string of the molecule is O=C(Nc1cccc2cnccc12)N1CC[C@H]1c1ccccc1. The van der Waals surface area contributed by atoms with Gasteiger partial charge in [-0.05, 0) is 24.1 Å². The molecule has 1 aliphatic rings. The highest BCUT2D eigenvalue weighted by molar-refractivity contribution is 6.01. The van der Waals surface area contributed by atoms with Gasteiger partial charge in [0.1, 0.15) is 0 Å². The molecular formula is C19H17N3O. The van der Waals surface area contributed by atoms with E-state index in [1.54, 1.807) is 12.4 Å². The van der Waals surface area contributed by atoms with Gasteiger partial charge in [0.2, 0.25) is 0 Å². The lowest BCUT2D eigenvalue weighted by atomic mass is 9.95. The van der Waals surface area contributed by atoms with E-state index in [2.05, 4.69) is 22.4 Å². The van der Waals surface area contributed by atoms with E-state index in [-0.39, 0.29) is 12.1 Å². The number of urea groups is 1. The summed E-state index contributed by atoms with van der Waals surface area (Å²) < 4.78 is 0. The van der Waals surface area contributed by atoms with Gasteiger partial charge in [-0.3, -0.25) is 4.98 Å². The smallest absolute Gasteiger partial charge is 0.317 e. The van der Waals surface area contributed by atoms with Crippen molar-refractivity contribution in [1.82, 2.24) is 9.88 Å². The van der Waals surface area contributed by atoms with Crippen molar-refractivity contribution >= 4 is 22.5 Å². The Morgan fingerprint density at radius 3 is 2.74 bits per heavy atom. The van der Waals surface area contributed by atoms with E-state index in [0.717, 1.165) is 29.4 Å². The summed E-state index contributed by atoms with van der Waals surface area (Å²) in [5, 5.41) is 5.07. The molecule has 2 heterocycles. The fourth-order valence-corrected chi connectivity index (χ4v) is 3.07. The van der Waals surface area contributed by atoms with Crippen molar-refractivity contribution in [2.45, 2.75) is 12.5 Å². The Labute approximate surface area is 134 Å². The number of hydrogen-bond acceptors (Lipinski definition) is 2. The molecule has 1 saturated heterocycles. The van der Waals surface area contributed by atoms with Crippen molar-refractivity contribution in [1.29, 1.82) is 0 Å². The molecule has 1 fully saturated rings. The lowest BCUT2D eigenvalue weighted by Crippen LogP contribution is -2.47. The third-order valence-electron chi connectivity index (χ3n) is 4.39. The molecule has 114 valence electrons. The Bertz CT molecular complexity index is 842. The maximum Gasteiger partial charge on any atom is 0.322 e. The third-order valence-corrected chi connectivity index (χ3v) is 4.39. The van der Waals surface area contributed by atoms with Crippen LogP contribution < -0.4 is 5.32 Å². The summed E-state index contributed by atoms with van der Waals surface area (Å²) in [6.45, 7) is 0.789. The van der Waals surface area contributed by atoms with E-state index in [1.165, 1.54) is 5.56 Å². The van der Waals surface area contributed by atoms with Crippen molar-refractivity contribution < 1.29 is 4.79 Å². The minimum absolute atomic E-state index is 0.0468. The van der Waals surface area contributed by atoms with Crippen LogP contribution in [0, 0.1) is 0 Å². The molecule has 2 amide bonds. The summed E-state index contributed by atoms with van der Waals surface area (Å²) in [4.78, 5) is 18.6. The number of benzene rings is 2. The molecule has 23 heavy (non-hydrogen) atoms. The van der Waals surface area contributed by atoms with Crippen LogP contribution in [0.5, 0.6) is 0 Å². The molecule has 3 aromatic rings. The van der Waals surface area contributed by atoms with E-state index in [4.69, 9.17) is 0 Å². The zero-order valence-electron chi connectivity index (χ0n) is 12.6. The molecule has 0 saturated carbocycles. The first-order chi connectivity index (χ1) is 11.3. The predicted molar refractivity (Wildman–Crippen MR) is 91.3 cm³/mol. The minimum atomic E-state index is -0.0468. The second-order valence-electron chi connectivity index (χ2n) is 5.74. The molecule has 0 unspecified atom stereocenters. The average Bonchev–Trinajstić information content (AvgIpc) is 2.55. The van der Waals surface area contributed by atoms with E-state index in [0.29, 0.717) is 0 Å². The predicted octanol–water partition coefficient (Wildman–Crippen LogP) is 4.21. The molecule has 4 nitrogen and oxygen atoms in total. The topological polar surface area (TPSA) is 45.2 Å². The molecule has 0 bridgehead atoms. The van der Waals surface area contributed by atoms with Crippen LogP contribution in [-0.4, -0.2) is 22.5 Å². The fraction of sp³-hybridized carbons (Fsp3) is 0.158. The van der Waals surface area contributed by atoms with Crippen LogP contribution in [0.25, 0.3) is 10.8 Å². The second kappa shape index (κ2) is 5.72. The van der Waals surface area contributed by atoms with Gasteiger partial charge in [-0.25, -0.2) is 4.79 Å². The summed E-state index contributed by atoms with van der Waals surface area (Å²) in [6.07, 6.45) is 4.56. The minimum Gasteiger partial charge on any atom is -0.317 e. The molecule has 2 aromatic carbocycles. The maximum absolute atomic E-state index is 12.6. The Balaban J connectivity index is 1.56. The van der Waals surface area contributed by atoms with Crippen LogP contribution in [0.1, 0.15) is 18.0 Å². The summed E-state index contributed by atoms with van der Waals surface area (Å²) in [7, 11) is 0. The van der Waals surface area contributed by atoms with Gasteiger partial charge in [0.25, 0.3) is 0 Å². The monoisotopic (exact) mass is 303 g/mol. The molecule has 1 aromatic heterocycles. The number of carbonyl (C=O) groups is 1. The fourth-order valence-electron chi connectivity index (χ4n) is 3.07. The number of rotatable bonds is 2. The number of nitrogens with zero attached hydrogens (tertiary/aromatic N) is 2. The lowest BCUT2D eigenvalue weighted by Gasteiger charge is -2.41. The van der Waals surface area contributed by atoms with Crippen molar-refractivity contribution in [2.24, 2.45) is 0 Å². The number of anilines is 1. The van der Waals surface area contributed by atoms with Crippen LogP contribution in [0.4, 0.5) is 10.5 Å². The van der Waals surface area contributed by atoms with Crippen molar-refractivity contribution in [2.75, 3.05) is 11.9 Å². The maximum atomic E-state index is 12.6. The molecular weight excluding hydrogens is 286 g/mol. The second-order valence-corrected chi connectivity index (χ2v) is 5.74. The largest absolute Gasteiger partial charge is 0.322 e. The average molecular weight is 303 g/mol. The molecule has 0 aliphatic carbocycles. The first-order valence-electron chi connectivity index (χ1n) is 7.78. The zero-order valence-corrected chi connectivity index (χ0v) is 12.6. The van der Waals surface area contributed by atoms with Gasteiger partial charge < -0.3 is 10.2 Å². The van der Waals surface area contributed by atoms with Gasteiger partial charge in [-0.15, -0.1) is 0 Å². The molecule has 0 spiro atoms. The summed E-state index contributed by atoms with van der Waals surface area (Å²) in [6, 6.07) is 18.1. The number of likely N-dealkylation sites (tertiary alicyclic amines) is 1. The van der Waals surface area contributed by atoms with E-state index >= 15 is 0 Å². The highest BCUT2D eigenvalue weighted by atomic mass is 16.2. The van der Waals surface area contributed by atoms with Crippen molar-refractivity contribution in [3.8, 4) is 0 Å². The molecule has 1 N–H and O–H groups in total. The van der Waals surface area contributed by atoms with Gasteiger partial charge in [-0.2, -0.15) is 0 Å². The Morgan fingerprint density at radius 1 is 1.09 bits per heavy atom. The number of nitrogens with one attached hydrogen (secondary N) is 1. The number of carbonyl (C=O) groups excluding carboxylic acids is 1. The third kappa shape index (κ3) is 2.52. The first-order valence-corrected chi connectivity index (χ1v) is 7.78. The van der Waals surface area contributed by atoms with Gasteiger partial charge in [0, 0.05) is 29.7 Å². The molecule has 4 rings (SSSR count). The quantitative estimate of drug-likeness (QED) is 0.770. The van der Waals surface area contributed by atoms with Crippen LogP contribution in [0.2, 0.25) is 0 Å².